The van der Waals surface area contributed by atoms with Gasteiger partial charge in [0.2, 0.25) is 5.69 Å². The summed E-state index contributed by atoms with van der Waals surface area (Å²) >= 11 is 0. The van der Waals surface area contributed by atoms with Gasteiger partial charge in [0.05, 0.1) is 38.2 Å². The van der Waals surface area contributed by atoms with Gasteiger partial charge in [0.15, 0.2) is 12.3 Å². The van der Waals surface area contributed by atoms with Gasteiger partial charge < -0.3 is 24.2 Å². The van der Waals surface area contributed by atoms with E-state index >= 15 is 0 Å². The van der Waals surface area contributed by atoms with Gasteiger partial charge in [0.1, 0.15) is 10.1 Å². The van der Waals surface area contributed by atoms with E-state index in [4.69, 9.17) is 0 Å². The van der Waals surface area contributed by atoms with E-state index < -0.39 is 54.5 Å². The number of hydrogen-bond acceptors (Lipinski definition) is 9. The number of aromatic carboxylic acids is 2. The second-order valence-electron chi connectivity index (χ2n) is 12.7. The fraction of sp³-hybridized carbons (Fsp3) is 0.324. The molecular weight excluding hydrogens is 700 g/mol. The summed E-state index contributed by atoms with van der Waals surface area (Å²) in [5.74, 6) is -3.47. The smallest absolute Gasteiger partial charge is 0.748 e. The molecule has 0 amide bonds. The first-order valence-electron chi connectivity index (χ1n) is 14.9. The molecule has 0 aliphatic carbocycles. The molecule has 0 saturated carbocycles. The maximum Gasteiger partial charge on any atom is 1.00 e. The topological polar surface area (TPSA) is 195 Å². The zero-order valence-electron chi connectivity index (χ0n) is 28.1. The SMILES string of the molecule is CC(C=C/C=C1/N(CCS(=O)(=O)[O-])c2ccc(C(=O)O)cc2C1(C)C)=CC=CC1=[N+](CCS(=O)(=O)[O-])c2ccc(C(=O)O)cc2C1(C)C.[K+]. The average molecular weight is 737 g/mol. The van der Waals surface area contributed by atoms with Crippen LogP contribution in [0.1, 0.15) is 66.5 Å². The third-order valence-corrected chi connectivity index (χ3v) is 10.00. The van der Waals surface area contributed by atoms with E-state index in [2.05, 4.69) is 0 Å². The van der Waals surface area contributed by atoms with Crippen molar-refractivity contribution in [1.82, 2.24) is 0 Å². The van der Waals surface area contributed by atoms with Crippen molar-refractivity contribution in [3.63, 3.8) is 0 Å². The Labute approximate surface area is 329 Å². The Morgan fingerprint density at radius 3 is 2.00 bits per heavy atom. The molecule has 256 valence electrons. The maximum atomic E-state index is 11.6. The number of anilines is 1. The Hall–Kier alpha value is -2.73. The quantitative estimate of drug-likeness (QED) is 0.138. The Bertz CT molecular complexity index is 2060. The minimum atomic E-state index is -4.52. The van der Waals surface area contributed by atoms with Gasteiger partial charge in [-0.15, -0.1) is 0 Å². The van der Waals surface area contributed by atoms with Crippen LogP contribution in [0.4, 0.5) is 11.4 Å². The molecule has 0 unspecified atom stereocenters. The summed E-state index contributed by atoms with van der Waals surface area (Å²) in [6, 6.07) is 9.18. The van der Waals surface area contributed by atoms with Gasteiger partial charge in [-0.25, -0.2) is 26.4 Å². The van der Waals surface area contributed by atoms with E-state index in [1.807, 2.05) is 46.8 Å². The van der Waals surface area contributed by atoms with Gasteiger partial charge >= 0.3 is 63.3 Å². The maximum absolute atomic E-state index is 11.6. The third kappa shape index (κ3) is 9.34. The van der Waals surface area contributed by atoms with Gasteiger partial charge in [0.25, 0.3) is 0 Å². The van der Waals surface area contributed by atoms with Crippen LogP contribution in [0, 0.1) is 0 Å². The number of nitrogens with zero attached hydrogens (tertiary/aromatic N) is 2. The predicted octanol–water partition coefficient (Wildman–Crippen LogP) is 1.29. The molecule has 2 heterocycles. The first-order valence-corrected chi connectivity index (χ1v) is 18.1. The Morgan fingerprint density at radius 2 is 1.43 bits per heavy atom. The number of benzene rings is 2. The average Bonchev–Trinajstić information content (AvgIpc) is 3.32. The molecule has 0 fully saturated rings. The van der Waals surface area contributed by atoms with Crippen LogP contribution in [0.2, 0.25) is 0 Å². The molecule has 0 saturated heterocycles. The van der Waals surface area contributed by atoms with Crippen LogP contribution in [-0.2, 0) is 31.1 Å². The monoisotopic (exact) mass is 736 g/mol. The van der Waals surface area contributed by atoms with E-state index in [9.17, 15) is 45.7 Å². The van der Waals surface area contributed by atoms with Crippen LogP contribution in [0.3, 0.4) is 0 Å². The Balaban J connectivity index is 0.00000650. The Kier molecular flexibility index (Phi) is 12.7. The molecule has 15 heteroatoms. The molecule has 4 rings (SSSR count). The fourth-order valence-corrected chi connectivity index (χ4v) is 6.95. The zero-order chi connectivity index (χ0) is 35.8. The molecule has 2 aliphatic heterocycles. The number of hydrogen-bond donors (Lipinski definition) is 2. The molecule has 2 N–H and O–H groups in total. The van der Waals surface area contributed by atoms with Crippen LogP contribution in [0.5, 0.6) is 0 Å². The number of fused-ring (bicyclic) bond motifs is 2. The summed E-state index contributed by atoms with van der Waals surface area (Å²) in [6.45, 7) is 9.16. The van der Waals surface area contributed by atoms with Crippen LogP contribution < -0.4 is 56.3 Å². The summed E-state index contributed by atoms with van der Waals surface area (Å²) in [4.78, 5) is 25.0. The van der Waals surface area contributed by atoms with Crippen LogP contribution >= 0.6 is 0 Å². The number of carboxylic acids is 2. The predicted molar refractivity (Wildman–Crippen MR) is 179 cm³/mol. The molecule has 12 nitrogen and oxygen atoms in total. The van der Waals surface area contributed by atoms with Gasteiger partial charge in [-0.3, -0.25) is 0 Å². The molecule has 0 atom stereocenters. The van der Waals surface area contributed by atoms with Gasteiger partial charge in [-0.2, -0.15) is 4.58 Å². The zero-order valence-corrected chi connectivity index (χ0v) is 32.9. The van der Waals surface area contributed by atoms with Crippen molar-refractivity contribution in [2.75, 3.05) is 29.5 Å². The molecule has 0 radical (unpaired) electrons. The fourth-order valence-electron chi connectivity index (χ4n) is 6.14. The van der Waals surface area contributed by atoms with E-state index in [0.717, 1.165) is 5.57 Å². The number of allylic oxidation sites excluding steroid dienone is 8. The van der Waals surface area contributed by atoms with Crippen molar-refractivity contribution in [2.45, 2.75) is 45.4 Å². The Morgan fingerprint density at radius 1 is 0.857 bits per heavy atom. The van der Waals surface area contributed by atoms with Crippen molar-refractivity contribution in [2.24, 2.45) is 0 Å². The van der Waals surface area contributed by atoms with Crippen molar-refractivity contribution in [3.05, 3.63) is 106 Å². The first-order chi connectivity index (χ1) is 22.1. The number of rotatable bonds is 12. The van der Waals surface area contributed by atoms with Crippen molar-refractivity contribution in [1.29, 1.82) is 0 Å². The second kappa shape index (κ2) is 15.2. The normalized spacial score (nSPS) is 17.9. The van der Waals surface area contributed by atoms with E-state index in [1.54, 1.807) is 58.0 Å². The van der Waals surface area contributed by atoms with Gasteiger partial charge in [-0.05, 0) is 62.7 Å². The summed E-state index contributed by atoms with van der Waals surface area (Å²) in [5, 5.41) is 19.0. The number of carboxylic acid groups (broad SMARTS) is 2. The standard InChI is InChI=1S/C34H38N2O10S2.K/c1-22(8-6-10-29-33(2,3)25-20-23(31(37)38)12-14-27(25)35(29)16-18-47(41,42)43)9-7-11-30-34(4,5)26-21-24(32(39)40)13-15-28(26)36(30)17-19-48(44,45)46;/h6-15,20-21H,16-19H2,1-5H3,(H3-,37,38,39,40,41,42,43,44,45,46);/q;+1/p-1. The van der Waals surface area contributed by atoms with Crippen molar-refractivity contribution in [3.8, 4) is 0 Å². The van der Waals surface area contributed by atoms with Gasteiger partial charge in [-0.1, -0.05) is 43.7 Å². The van der Waals surface area contributed by atoms with Gasteiger partial charge in [0, 0.05) is 41.1 Å². The minimum Gasteiger partial charge on any atom is -0.748 e. The molecule has 0 spiro atoms. The van der Waals surface area contributed by atoms with Crippen molar-refractivity contribution < 1.29 is 102 Å². The molecule has 0 aromatic heterocycles. The van der Waals surface area contributed by atoms with E-state index in [1.165, 1.54) is 12.1 Å². The summed E-state index contributed by atoms with van der Waals surface area (Å²) in [5.41, 5.74) is 3.50. The first kappa shape index (κ1) is 40.7. The summed E-state index contributed by atoms with van der Waals surface area (Å²) in [7, 11) is -9.04. The molecule has 49 heavy (non-hydrogen) atoms. The van der Waals surface area contributed by atoms with Crippen LogP contribution in [0.15, 0.2) is 84.1 Å². The summed E-state index contributed by atoms with van der Waals surface area (Å²) in [6.07, 6.45) is 10.7. The number of carbonyl (C=O) groups is 2. The molecule has 0 bridgehead atoms. The second-order valence-corrected chi connectivity index (χ2v) is 15.8. The minimum absolute atomic E-state index is 0. The largest absolute Gasteiger partial charge is 1.00 e. The van der Waals surface area contributed by atoms with E-state index in [-0.39, 0.29) is 75.6 Å². The molecular formula is C34H37KN2O10S2. The van der Waals surface area contributed by atoms with E-state index in [0.29, 0.717) is 33.9 Å². The van der Waals surface area contributed by atoms with Crippen LogP contribution in [0.25, 0.3) is 0 Å². The molecule has 2 aliphatic rings. The van der Waals surface area contributed by atoms with Crippen molar-refractivity contribution >= 4 is 49.3 Å². The van der Waals surface area contributed by atoms with Crippen LogP contribution in [-0.4, -0.2) is 83.0 Å². The third-order valence-electron chi connectivity index (χ3n) is 8.63. The molecule has 2 aromatic carbocycles. The molecule has 2 aromatic rings. The summed E-state index contributed by atoms with van der Waals surface area (Å²) < 4.78 is 70.6.